The van der Waals surface area contributed by atoms with Crippen molar-refractivity contribution in [3.8, 4) is 0 Å². The van der Waals surface area contributed by atoms with E-state index in [9.17, 15) is 19.5 Å². The number of rotatable bonds is 4. The second kappa shape index (κ2) is 7.76. The molecule has 0 spiro atoms. The van der Waals surface area contributed by atoms with Crippen molar-refractivity contribution in [2.24, 2.45) is 34.5 Å². The first kappa shape index (κ1) is 24.1. The number of esters is 1. The molecule has 0 heterocycles. The van der Waals surface area contributed by atoms with Gasteiger partial charge in [-0.05, 0) is 49.9 Å². The maximum absolute atomic E-state index is 17.3. The van der Waals surface area contributed by atoms with Gasteiger partial charge in [0, 0.05) is 36.0 Å². The van der Waals surface area contributed by atoms with Gasteiger partial charge >= 0.3 is 5.97 Å². The van der Waals surface area contributed by atoms with Gasteiger partial charge in [0.05, 0.1) is 12.0 Å². The van der Waals surface area contributed by atoms with Gasteiger partial charge in [-0.2, -0.15) is 0 Å². The van der Waals surface area contributed by atoms with Gasteiger partial charge in [-0.1, -0.05) is 27.7 Å². The van der Waals surface area contributed by atoms with E-state index in [-0.39, 0.29) is 48.0 Å². The lowest BCUT2D eigenvalue weighted by Crippen LogP contribution is -2.71. The van der Waals surface area contributed by atoms with Crippen molar-refractivity contribution >= 4 is 29.1 Å². The van der Waals surface area contributed by atoms with Crippen LogP contribution in [-0.4, -0.2) is 45.9 Å². The van der Waals surface area contributed by atoms with Crippen LogP contribution in [0.5, 0.6) is 0 Å². The van der Waals surface area contributed by atoms with Crippen molar-refractivity contribution in [1.82, 2.24) is 0 Å². The van der Waals surface area contributed by atoms with Crippen LogP contribution in [0.4, 0.5) is 4.39 Å². The van der Waals surface area contributed by atoms with E-state index in [1.807, 2.05) is 20.8 Å². The Hall–Kier alpha value is -1.01. The van der Waals surface area contributed by atoms with Crippen LogP contribution >= 0.6 is 11.6 Å². The number of aliphatic hydroxyl groups excluding tert-OH is 1. The highest BCUT2D eigenvalue weighted by atomic mass is 35.5. The maximum atomic E-state index is 17.3. The highest BCUT2D eigenvalue weighted by Crippen LogP contribution is 2.72. The molecular weight excluding hydrogens is 435 g/mol. The number of Topliss-reactive ketones (excluding diaryl/α,β-unsaturated/α-hetero) is 2. The molecule has 9 atom stereocenters. The first-order chi connectivity index (χ1) is 14.9. The van der Waals surface area contributed by atoms with Crippen LogP contribution in [0.2, 0.25) is 0 Å². The summed E-state index contributed by atoms with van der Waals surface area (Å²) in [5.41, 5.74) is -4.99. The van der Waals surface area contributed by atoms with Crippen molar-refractivity contribution in [3.63, 3.8) is 0 Å². The number of fused-ring (bicyclic) bond motifs is 5. The number of ketones is 2. The first-order valence-electron chi connectivity index (χ1n) is 12.1. The lowest BCUT2D eigenvalue weighted by atomic mass is 9.42. The Morgan fingerprint density at radius 2 is 1.91 bits per heavy atom. The highest BCUT2D eigenvalue weighted by molar-refractivity contribution is 6.29. The van der Waals surface area contributed by atoms with E-state index in [0.29, 0.717) is 32.1 Å². The van der Waals surface area contributed by atoms with E-state index >= 15 is 4.39 Å². The minimum absolute atomic E-state index is 0.0326. The number of aliphatic hydroxyl groups is 1. The average molecular weight is 471 g/mol. The zero-order valence-electron chi connectivity index (χ0n) is 19.6. The SMILES string of the molecule is CCC(=O)O[C@@]1(C(=O)CCl)[C@@H](C)C[C@H]2[C@@H]3CC[C@H]4CC(=O)CC[C@]4(C)[C@@]3(F)[C@@H](O)C[C@@]21C. The summed E-state index contributed by atoms with van der Waals surface area (Å²) in [5, 5.41) is 11.5. The Morgan fingerprint density at radius 3 is 2.53 bits per heavy atom. The van der Waals surface area contributed by atoms with E-state index < -0.39 is 40.1 Å². The number of hydrogen-bond acceptors (Lipinski definition) is 5. The predicted molar refractivity (Wildman–Crippen MR) is 118 cm³/mol. The number of alkyl halides is 2. The Balaban J connectivity index is 1.81. The molecule has 1 N–H and O–H groups in total. The molecule has 4 aliphatic rings. The number of carbonyl (C=O) groups excluding carboxylic acids is 3. The predicted octanol–water partition coefficient (Wildman–Crippen LogP) is 4.41. The van der Waals surface area contributed by atoms with Crippen molar-refractivity contribution < 1.29 is 28.6 Å². The summed E-state index contributed by atoms with van der Waals surface area (Å²) in [6, 6.07) is 0. The van der Waals surface area contributed by atoms with Gasteiger partial charge in [0.2, 0.25) is 0 Å². The molecule has 5 nitrogen and oxygen atoms in total. The molecule has 0 saturated heterocycles. The standard InChI is InChI=1S/C25H36ClFO5/c1-5-21(31)32-25(20(30)13-26)14(2)10-18-17-7-6-15-11-16(28)8-9-22(15,3)24(17,27)19(29)12-23(18,25)4/h14-15,17-19,29H,5-13H2,1-4H3/t14-,15-,17-,18-,19-,22-,23-,24-,25+/m0/s1. The minimum Gasteiger partial charge on any atom is -0.450 e. The number of carbonyl (C=O) groups is 3. The zero-order valence-corrected chi connectivity index (χ0v) is 20.3. The molecule has 0 aliphatic heterocycles. The third-order valence-corrected chi connectivity index (χ3v) is 10.4. The van der Waals surface area contributed by atoms with E-state index in [1.165, 1.54) is 0 Å². The molecule has 4 aliphatic carbocycles. The van der Waals surface area contributed by atoms with Gasteiger partial charge in [0.1, 0.15) is 11.5 Å². The van der Waals surface area contributed by atoms with E-state index in [2.05, 4.69) is 0 Å². The zero-order chi connectivity index (χ0) is 23.7. The van der Waals surface area contributed by atoms with Crippen molar-refractivity contribution in [1.29, 1.82) is 0 Å². The lowest BCUT2D eigenvalue weighted by Gasteiger charge is -2.65. The van der Waals surface area contributed by atoms with Crippen molar-refractivity contribution in [3.05, 3.63) is 0 Å². The molecule has 0 bridgehead atoms. The molecule has 0 aromatic rings. The quantitative estimate of drug-likeness (QED) is 0.486. The monoisotopic (exact) mass is 470 g/mol. The van der Waals surface area contributed by atoms with Crippen molar-refractivity contribution in [2.45, 2.75) is 96.4 Å². The molecule has 32 heavy (non-hydrogen) atoms. The van der Waals surface area contributed by atoms with Crippen LogP contribution in [0.25, 0.3) is 0 Å². The molecule has 0 aromatic heterocycles. The van der Waals surface area contributed by atoms with Crippen LogP contribution in [0.15, 0.2) is 0 Å². The number of ether oxygens (including phenoxy) is 1. The molecule has 7 heteroatoms. The van der Waals surface area contributed by atoms with Gasteiger partial charge in [-0.15, -0.1) is 11.6 Å². The molecule has 4 rings (SSSR count). The third-order valence-electron chi connectivity index (χ3n) is 10.2. The number of hydrogen-bond donors (Lipinski definition) is 1. The summed E-state index contributed by atoms with van der Waals surface area (Å²) in [6.07, 6.45) is 1.85. The molecule has 0 unspecified atom stereocenters. The van der Waals surface area contributed by atoms with Gasteiger partial charge < -0.3 is 9.84 Å². The fourth-order valence-electron chi connectivity index (χ4n) is 8.59. The van der Waals surface area contributed by atoms with Gasteiger partial charge in [-0.25, -0.2) is 4.39 Å². The molecule has 0 aromatic carbocycles. The van der Waals surface area contributed by atoms with E-state index in [4.69, 9.17) is 16.3 Å². The third kappa shape index (κ3) is 2.80. The normalized spacial score (nSPS) is 50.2. The van der Waals surface area contributed by atoms with Crippen molar-refractivity contribution in [2.75, 3.05) is 5.88 Å². The summed E-state index contributed by atoms with van der Waals surface area (Å²) in [7, 11) is 0. The van der Waals surface area contributed by atoms with Crippen LogP contribution in [0, 0.1) is 34.5 Å². The highest BCUT2D eigenvalue weighted by Gasteiger charge is 2.77. The topological polar surface area (TPSA) is 80.7 Å². The van der Waals surface area contributed by atoms with Crippen LogP contribution in [0.3, 0.4) is 0 Å². The van der Waals surface area contributed by atoms with Crippen LogP contribution in [0.1, 0.15) is 79.1 Å². The largest absolute Gasteiger partial charge is 0.450 e. The van der Waals surface area contributed by atoms with Gasteiger partial charge in [0.25, 0.3) is 0 Å². The van der Waals surface area contributed by atoms with E-state index in [1.54, 1.807) is 6.92 Å². The molecular formula is C25H36ClFO5. The molecule has 4 fully saturated rings. The Bertz CT molecular complexity index is 833. The summed E-state index contributed by atoms with van der Waals surface area (Å²) < 4.78 is 23.2. The van der Waals surface area contributed by atoms with Gasteiger partial charge in [-0.3, -0.25) is 14.4 Å². The fourth-order valence-corrected chi connectivity index (χ4v) is 8.79. The Kier molecular flexibility index (Phi) is 5.85. The molecule has 0 radical (unpaired) electrons. The number of halogens is 2. The minimum atomic E-state index is -1.84. The second-order valence-electron chi connectivity index (χ2n) is 11.3. The lowest BCUT2D eigenvalue weighted by molar-refractivity contribution is -0.257. The fraction of sp³-hybridized carbons (Fsp3) is 0.880. The molecule has 4 saturated carbocycles. The van der Waals surface area contributed by atoms with Gasteiger partial charge in [0.15, 0.2) is 11.4 Å². The van der Waals surface area contributed by atoms with E-state index in [0.717, 1.165) is 6.42 Å². The molecule has 180 valence electrons. The van der Waals surface area contributed by atoms with Crippen LogP contribution in [-0.2, 0) is 19.1 Å². The average Bonchev–Trinajstić information content (AvgIpc) is 2.96. The summed E-state index contributed by atoms with van der Waals surface area (Å²) in [6.45, 7) is 7.36. The summed E-state index contributed by atoms with van der Waals surface area (Å²) >= 11 is 6.03. The second-order valence-corrected chi connectivity index (χ2v) is 11.6. The maximum Gasteiger partial charge on any atom is 0.306 e. The first-order valence-corrected chi connectivity index (χ1v) is 12.7. The summed E-state index contributed by atoms with van der Waals surface area (Å²) in [5.74, 6) is -2.05. The summed E-state index contributed by atoms with van der Waals surface area (Å²) in [4.78, 5) is 37.9. The smallest absolute Gasteiger partial charge is 0.306 e. The molecule has 0 amide bonds. The van der Waals surface area contributed by atoms with Crippen LogP contribution < -0.4 is 0 Å². The Labute approximate surface area is 194 Å². The Morgan fingerprint density at radius 1 is 1.22 bits per heavy atom.